The van der Waals surface area contributed by atoms with Gasteiger partial charge in [0, 0.05) is 83.6 Å². The number of hydrogen-bond donors (Lipinski definition) is 5. The van der Waals surface area contributed by atoms with Crippen molar-refractivity contribution in [3.63, 3.8) is 0 Å². The van der Waals surface area contributed by atoms with Crippen LogP contribution in [0.4, 0.5) is 81.1 Å². The first-order valence-corrected chi connectivity index (χ1v) is 51.9. The number of rotatable bonds is 31. The summed E-state index contributed by atoms with van der Waals surface area (Å²) in [7, 11) is 1.20. The molecule has 3 aliphatic carbocycles. The molecule has 4 aliphatic rings. The fourth-order valence-corrected chi connectivity index (χ4v) is 20.8. The quantitative estimate of drug-likeness (QED) is 0.0153. The number of esters is 1. The van der Waals surface area contributed by atoms with E-state index in [2.05, 4.69) is 26.0 Å². The maximum Gasteiger partial charge on any atom is 0.416 e. The molecule has 5 unspecified atom stereocenters. The highest BCUT2D eigenvalue weighted by atomic mass is 35.5. The highest BCUT2D eigenvalue weighted by molar-refractivity contribution is 7.11. The third-order valence-corrected chi connectivity index (χ3v) is 28.6. The van der Waals surface area contributed by atoms with Crippen LogP contribution in [-0.4, -0.2) is 133 Å². The number of primary amides is 1. The minimum atomic E-state index is -4.63. The number of hydrogen-bond acceptors (Lipinski definition) is 19. The molecule has 6 heterocycles. The average molecular weight is 2210 g/mol. The number of thiophene rings is 5. The van der Waals surface area contributed by atoms with Crippen LogP contribution in [0, 0.1) is 0 Å². The number of amides is 10. The van der Waals surface area contributed by atoms with Gasteiger partial charge in [0.15, 0.2) is 11.5 Å². The molecule has 5 aromatic heterocycles. The van der Waals surface area contributed by atoms with E-state index in [-0.39, 0.29) is 78.3 Å². The lowest BCUT2D eigenvalue weighted by Crippen LogP contribution is -2.48. The van der Waals surface area contributed by atoms with Gasteiger partial charge in [-0.1, -0.05) is 112 Å². The Kier molecular flexibility index (Phi) is 43.4. The van der Waals surface area contributed by atoms with E-state index < -0.39 is 153 Å². The Morgan fingerprint density at radius 1 is 0.375 bits per heavy atom. The second-order valence-corrected chi connectivity index (χ2v) is 39.4. The Labute approximate surface area is 866 Å². The molecule has 6 atom stereocenters. The number of carbonyl (C=O) groups is 11. The smallest absolute Gasteiger partial charge is 0.416 e. The van der Waals surface area contributed by atoms with Gasteiger partial charge >= 0.3 is 30.7 Å². The molecule has 3 saturated carbocycles. The lowest BCUT2D eigenvalue weighted by Gasteiger charge is -2.33. The van der Waals surface area contributed by atoms with Crippen molar-refractivity contribution in [2.45, 2.75) is 188 Å². The maximum atomic E-state index is 13.4. The lowest BCUT2D eigenvalue weighted by atomic mass is 9.95. The van der Waals surface area contributed by atoms with E-state index in [1.54, 1.807) is 88.3 Å². The van der Waals surface area contributed by atoms with Crippen molar-refractivity contribution in [3.05, 3.63) is 249 Å². The number of carbonyl (C=O) groups excluding carboxylic acids is 11. The number of alkyl halides is 17. The lowest BCUT2D eigenvalue weighted by molar-refractivity contribution is -0.141. The van der Waals surface area contributed by atoms with E-state index in [0.717, 1.165) is 198 Å². The zero-order valence-electron chi connectivity index (χ0n) is 76.9. The van der Waals surface area contributed by atoms with Crippen LogP contribution in [0.3, 0.4) is 0 Å². The van der Waals surface area contributed by atoms with Crippen molar-refractivity contribution in [3.8, 4) is 11.5 Å². The van der Waals surface area contributed by atoms with Crippen LogP contribution in [0.1, 0.15) is 187 Å². The number of benzene rings is 5. The van der Waals surface area contributed by atoms with Gasteiger partial charge in [-0.15, -0.1) is 115 Å². The molecule has 144 heavy (non-hydrogen) atoms. The predicted molar refractivity (Wildman–Crippen MR) is 533 cm³/mol. The molecule has 6 N–H and O–H groups in total. The molecule has 46 heteroatoms. The largest absolute Gasteiger partial charge is 0.469 e. The van der Waals surface area contributed by atoms with E-state index in [1.807, 2.05) is 17.5 Å². The Bertz CT molecular complexity index is 5900. The molecule has 0 bridgehead atoms. The summed E-state index contributed by atoms with van der Waals surface area (Å²) in [6.07, 6.45) is -3.51. The molecule has 0 radical (unpaired) electrons. The van der Waals surface area contributed by atoms with Crippen LogP contribution in [0.2, 0.25) is 0 Å². The van der Waals surface area contributed by atoms with Gasteiger partial charge in [-0.05, 0) is 188 Å². The Morgan fingerprint density at radius 2 is 0.653 bits per heavy atom. The van der Waals surface area contributed by atoms with E-state index in [0.29, 0.717) is 36.7 Å². The molecule has 774 valence electrons. The maximum absolute atomic E-state index is 13.4. The minimum Gasteiger partial charge on any atom is -0.469 e. The van der Waals surface area contributed by atoms with Gasteiger partial charge in [0.1, 0.15) is 59.1 Å². The number of nitrogens with zero attached hydrogens (tertiary/aromatic N) is 5. The van der Waals surface area contributed by atoms with Crippen molar-refractivity contribution in [1.29, 1.82) is 0 Å². The normalized spacial score (nSPS) is 15.1. The zero-order chi connectivity index (χ0) is 105. The Hall–Kier alpha value is -11.0. The number of fused-ring (bicyclic) bond motifs is 1. The van der Waals surface area contributed by atoms with Gasteiger partial charge in [-0.3, -0.25) is 77.2 Å². The SMILES string of the molecule is COC(=O)CCNC(=O)C(c1cccs1)N(C(=O)CCl)c1cccc(C(F)(F)F)c1.C[C@H](Cl)C(=O)N(c1cccc(C(F)(F)F)c1)C(C(=O)NC1CCCCC1)c1cccs1.NC(=O)C(c1cccs1)N(C(=O)CCl)c1cccc(C(F)(F)F)c1.O=C(NC1CCCCC1)C(c1cccs1)N(C(=O)CCl)c1ccc2c(c1)OCO2.O=C(NC1CCCCC1)C(c1cccs1)N(C(=O)CCl)c1cccc(C(F)(F)F)c1. The molecule has 0 spiro atoms. The van der Waals surface area contributed by atoms with Gasteiger partial charge in [0.25, 0.3) is 0 Å². The van der Waals surface area contributed by atoms with Crippen LogP contribution in [-0.2, 0) is 82.2 Å². The van der Waals surface area contributed by atoms with Crippen molar-refractivity contribution in [2.24, 2.45) is 5.73 Å². The van der Waals surface area contributed by atoms with Gasteiger partial charge in [-0.25, -0.2) is 0 Å². The van der Waals surface area contributed by atoms with Crippen LogP contribution in [0.15, 0.2) is 203 Å². The van der Waals surface area contributed by atoms with E-state index >= 15 is 0 Å². The molecule has 1 aliphatic heterocycles. The number of nitrogens with one attached hydrogen (secondary N) is 4. The second kappa shape index (κ2) is 54.4. The molecule has 5 aromatic carbocycles. The Morgan fingerprint density at radius 3 is 0.931 bits per heavy atom. The molecule has 10 aromatic rings. The van der Waals surface area contributed by atoms with E-state index in [1.165, 1.54) is 95.8 Å². The molecular weight excluding hydrogens is 2110 g/mol. The van der Waals surface area contributed by atoms with Crippen molar-refractivity contribution in [2.75, 3.05) is 68.5 Å². The summed E-state index contributed by atoms with van der Waals surface area (Å²) in [6, 6.07) is 33.9. The first-order chi connectivity index (χ1) is 68.6. The number of ether oxygens (including phenoxy) is 3. The monoisotopic (exact) mass is 2200 g/mol. The topological polar surface area (TPSA) is 306 Å². The van der Waals surface area contributed by atoms with Gasteiger partial charge < -0.3 is 41.2 Å². The zero-order valence-corrected chi connectivity index (χ0v) is 84.7. The summed E-state index contributed by atoms with van der Waals surface area (Å²) in [5.41, 5.74) is 1.96. The Balaban J connectivity index is 0.000000185. The van der Waals surface area contributed by atoms with Crippen LogP contribution < -0.4 is 61.0 Å². The van der Waals surface area contributed by atoms with Gasteiger partial charge in [0.05, 0.1) is 35.8 Å². The highest BCUT2D eigenvalue weighted by Gasteiger charge is 2.44. The molecule has 24 nitrogen and oxygen atoms in total. The van der Waals surface area contributed by atoms with Crippen molar-refractivity contribution >= 4 is 208 Å². The second-order valence-electron chi connectivity index (χ2n) is 32.8. The van der Waals surface area contributed by atoms with E-state index in [4.69, 9.17) is 73.2 Å². The summed E-state index contributed by atoms with van der Waals surface area (Å²) in [6.45, 7) is 1.51. The third-order valence-electron chi connectivity index (χ3n) is 22.9. The summed E-state index contributed by atoms with van der Waals surface area (Å²) < 4.78 is 173. The molecule has 3 fully saturated rings. The number of anilines is 5. The summed E-state index contributed by atoms with van der Waals surface area (Å²) in [4.78, 5) is 148. The average Bonchev–Trinajstić information content (AvgIpc) is 1.57. The van der Waals surface area contributed by atoms with Crippen molar-refractivity contribution < 1.29 is 120 Å². The highest BCUT2D eigenvalue weighted by Crippen LogP contribution is 2.45. The summed E-state index contributed by atoms with van der Waals surface area (Å²) in [5.74, 6) is -6.80. The first kappa shape index (κ1) is 115. The molecule has 0 saturated heterocycles. The fourth-order valence-electron chi connectivity index (χ4n) is 16.2. The van der Waals surface area contributed by atoms with Crippen LogP contribution in [0.5, 0.6) is 11.5 Å². The summed E-state index contributed by atoms with van der Waals surface area (Å²) in [5, 5.41) is 19.4. The van der Waals surface area contributed by atoms with Crippen molar-refractivity contribution in [1.82, 2.24) is 21.3 Å². The molecule has 10 amide bonds. The number of halogens is 17. The minimum absolute atomic E-state index is 0.0109. The third kappa shape index (κ3) is 32.0. The summed E-state index contributed by atoms with van der Waals surface area (Å²) >= 11 is 35.3. The number of nitrogens with two attached hydrogens (primary N) is 1. The van der Waals surface area contributed by atoms with Crippen LogP contribution >= 0.6 is 115 Å². The molecule has 14 rings (SSSR count). The van der Waals surface area contributed by atoms with Gasteiger partial charge in [-0.2, -0.15) is 52.7 Å². The standard InChI is InChI=1S/C22H24ClF3N2O2S.C21H22ClF3N2O2S.C21H23ClN2O4S.C19H18ClF3N2O4S.C15H12ClF3N2O2S/c1-14(23)21(30)28(17-10-5-7-15(13-17)22(24,25)26)19(18-11-6-12-31-18)20(29)27-16-8-3-2-4-9-16;22-13-18(28)27(16-9-4-6-14(12-16)21(23,24)25)19(17-10-5-11-30-17)20(29)26-15-7-2-1-3-8-15;22-12-19(25)24(15-8-9-16-17(11-15)28-13-27-16)20(18-7-4-10-29-18)21(26)23-14-5-2-1-3-6-14;1-29-16(27)7-8-24-18(28)17(14-6-3-9-30-14)25(15(26)11-20)13-5-2-4-12(10-13)19(21,22)23;16-8-12(22)21(13(14(20)23)11-5-2-6-24-11)10-4-1-3-9(7-10)15(17,18)19/h5-7,10-14,16,19H,2-4,8-9H2,1H3,(H,27,29);4-6,9-12,15,19H,1-3,7-8,13H2,(H,26,29);4,7-11,14,20H,1-3,5-6,12-13H2,(H,23,26);2-6,9-10,17H,7-8,11H2,1H3,(H,24,28);1-7,13H,8H2,(H2,20,23)/t14-,19?;;;;/m0..../s1. The fraction of sp³-hybridized carbons (Fsp3) is 0.378. The predicted octanol–water partition coefficient (Wildman–Crippen LogP) is 23.0. The van der Waals surface area contributed by atoms with E-state index in [9.17, 15) is 105 Å². The first-order valence-electron chi connectivity index (χ1n) is 44.9. The molecular formula is C98H99Cl5F12N10O14S5. The number of methoxy groups -OCH3 is 1. The van der Waals surface area contributed by atoms with Crippen LogP contribution in [0.25, 0.3) is 0 Å². The van der Waals surface area contributed by atoms with Gasteiger partial charge in [0.2, 0.25) is 65.9 Å².